The van der Waals surface area contributed by atoms with Gasteiger partial charge < -0.3 is 19.7 Å². The van der Waals surface area contributed by atoms with Crippen molar-refractivity contribution in [2.24, 2.45) is 10.8 Å². The lowest BCUT2D eigenvalue weighted by Crippen LogP contribution is -2.30. The Morgan fingerprint density at radius 2 is 0.933 bits per heavy atom. The molecule has 0 spiro atoms. The van der Waals surface area contributed by atoms with Gasteiger partial charge in [0.05, 0.1) is 23.0 Å². The van der Waals surface area contributed by atoms with Gasteiger partial charge in [0.2, 0.25) is 0 Å². The molecule has 0 saturated carbocycles. The maximum Gasteiger partial charge on any atom is 0.309 e. The topological polar surface area (TPSA) is 93.1 Å². The predicted molar refractivity (Wildman–Crippen MR) is 120 cm³/mol. The summed E-state index contributed by atoms with van der Waals surface area (Å²) >= 11 is 0. The van der Waals surface area contributed by atoms with Crippen molar-refractivity contribution >= 4 is 11.9 Å². The number of aliphatic carboxylic acids is 2. The van der Waals surface area contributed by atoms with E-state index in [0.29, 0.717) is 12.8 Å². The van der Waals surface area contributed by atoms with Gasteiger partial charge in [-0.15, -0.1) is 0 Å². The molecule has 0 aromatic rings. The van der Waals surface area contributed by atoms with Gasteiger partial charge in [0.25, 0.3) is 0 Å². The lowest BCUT2D eigenvalue weighted by molar-refractivity contribution is -0.148. The fourth-order valence-electron chi connectivity index (χ4n) is 3.66. The number of unbranched alkanes of at least 4 members (excludes halogenated alkanes) is 6. The van der Waals surface area contributed by atoms with Crippen LogP contribution in [-0.4, -0.2) is 48.6 Å². The first-order chi connectivity index (χ1) is 14.0. The van der Waals surface area contributed by atoms with Gasteiger partial charge >= 0.3 is 11.9 Å². The van der Waals surface area contributed by atoms with Gasteiger partial charge in [-0.1, -0.05) is 51.4 Å². The van der Waals surface area contributed by atoms with E-state index in [0.717, 1.165) is 64.2 Å². The zero-order valence-electron chi connectivity index (χ0n) is 20.2. The quantitative estimate of drug-likeness (QED) is 0.247. The van der Waals surface area contributed by atoms with E-state index in [4.69, 9.17) is 19.7 Å². The monoisotopic (exact) mass is 430 g/mol. The molecule has 0 amide bonds. The largest absolute Gasteiger partial charge is 0.481 e. The molecule has 30 heavy (non-hydrogen) atoms. The Labute approximate surface area is 183 Å². The van der Waals surface area contributed by atoms with Crippen molar-refractivity contribution in [3.05, 3.63) is 0 Å². The first-order valence-electron chi connectivity index (χ1n) is 11.5. The third-order valence-electron chi connectivity index (χ3n) is 6.26. The molecule has 6 heteroatoms. The molecular weight excluding hydrogens is 384 g/mol. The first-order valence-corrected chi connectivity index (χ1v) is 11.5. The maximum atomic E-state index is 11.1. The van der Waals surface area contributed by atoms with Crippen molar-refractivity contribution in [2.75, 3.05) is 14.2 Å². The van der Waals surface area contributed by atoms with Crippen LogP contribution in [0.1, 0.15) is 105 Å². The fourth-order valence-corrected chi connectivity index (χ4v) is 3.66. The van der Waals surface area contributed by atoms with Gasteiger partial charge in [0.15, 0.2) is 0 Å². The standard InChI is InChI=1S/C24H46O6/c1-23(2,21(25)26)17-13-9-7-11-15-19(29-5)20(30-6)16-12-8-10-14-18-24(3,4)22(27)28/h19-20H,7-18H2,1-6H3,(H,25,26)(H,27,28)/t19-,20-/m1/s1. The number of hydrogen-bond donors (Lipinski definition) is 2. The Morgan fingerprint density at radius 3 is 1.20 bits per heavy atom. The number of methoxy groups -OCH3 is 2. The van der Waals surface area contributed by atoms with E-state index >= 15 is 0 Å². The zero-order chi connectivity index (χ0) is 23.2. The van der Waals surface area contributed by atoms with Crippen LogP contribution in [0.2, 0.25) is 0 Å². The summed E-state index contributed by atoms with van der Waals surface area (Å²) in [6, 6.07) is 0. The van der Waals surface area contributed by atoms with E-state index in [1.165, 1.54) is 0 Å². The summed E-state index contributed by atoms with van der Waals surface area (Å²) in [5.41, 5.74) is -1.28. The average Bonchev–Trinajstić information content (AvgIpc) is 2.67. The number of carboxylic acids is 2. The van der Waals surface area contributed by atoms with Gasteiger partial charge in [-0.3, -0.25) is 9.59 Å². The summed E-state index contributed by atoms with van der Waals surface area (Å²) in [4.78, 5) is 22.3. The number of rotatable bonds is 19. The minimum Gasteiger partial charge on any atom is -0.481 e. The summed E-state index contributed by atoms with van der Waals surface area (Å²) in [6.07, 6.45) is 11.7. The molecule has 0 fully saturated rings. The molecule has 0 saturated heterocycles. The van der Waals surface area contributed by atoms with Crippen molar-refractivity contribution in [1.29, 1.82) is 0 Å². The molecule has 0 unspecified atom stereocenters. The van der Waals surface area contributed by atoms with Gasteiger partial charge in [-0.25, -0.2) is 0 Å². The smallest absolute Gasteiger partial charge is 0.309 e. The van der Waals surface area contributed by atoms with E-state index in [-0.39, 0.29) is 12.2 Å². The molecule has 0 aliphatic rings. The Balaban J connectivity index is 4.03. The second-order valence-corrected chi connectivity index (χ2v) is 9.83. The van der Waals surface area contributed by atoms with Crippen molar-refractivity contribution in [2.45, 2.75) is 117 Å². The third-order valence-corrected chi connectivity index (χ3v) is 6.26. The fraction of sp³-hybridized carbons (Fsp3) is 0.917. The second-order valence-electron chi connectivity index (χ2n) is 9.83. The summed E-state index contributed by atoms with van der Waals surface area (Å²) < 4.78 is 11.4. The van der Waals surface area contributed by atoms with Crippen LogP contribution in [0.15, 0.2) is 0 Å². The number of hydrogen-bond acceptors (Lipinski definition) is 4. The van der Waals surface area contributed by atoms with Crippen LogP contribution < -0.4 is 0 Å². The molecule has 0 aliphatic heterocycles. The molecule has 2 N–H and O–H groups in total. The summed E-state index contributed by atoms with van der Waals surface area (Å²) in [5.74, 6) is -1.45. The van der Waals surface area contributed by atoms with E-state index < -0.39 is 22.8 Å². The Kier molecular flexibility index (Phi) is 14.2. The highest BCUT2D eigenvalue weighted by molar-refractivity contribution is 5.73. The van der Waals surface area contributed by atoms with Crippen LogP contribution in [0.5, 0.6) is 0 Å². The van der Waals surface area contributed by atoms with Gasteiger partial charge in [0.1, 0.15) is 0 Å². The molecule has 6 nitrogen and oxygen atoms in total. The van der Waals surface area contributed by atoms with Gasteiger partial charge in [-0.2, -0.15) is 0 Å². The highest BCUT2D eigenvalue weighted by atomic mass is 16.5. The molecular formula is C24H46O6. The summed E-state index contributed by atoms with van der Waals surface area (Å²) in [6.45, 7) is 7.14. The van der Waals surface area contributed by atoms with Crippen molar-refractivity contribution in [3.8, 4) is 0 Å². The van der Waals surface area contributed by atoms with Crippen LogP contribution in [0.25, 0.3) is 0 Å². The molecule has 0 aliphatic carbocycles. The minimum absolute atomic E-state index is 0.0800. The van der Waals surface area contributed by atoms with Crippen molar-refractivity contribution in [3.63, 3.8) is 0 Å². The van der Waals surface area contributed by atoms with Crippen LogP contribution >= 0.6 is 0 Å². The highest BCUT2D eigenvalue weighted by Gasteiger charge is 2.27. The summed E-state index contributed by atoms with van der Waals surface area (Å²) in [7, 11) is 3.47. The van der Waals surface area contributed by atoms with Crippen LogP contribution in [0, 0.1) is 10.8 Å². The average molecular weight is 431 g/mol. The predicted octanol–water partition coefficient (Wildman–Crippen LogP) is 5.92. The van der Waals surface area contributed by atoms with Gasteiger partial charge in [0, 0.05) is 14.2 Å². The van der Waals surface area contributed by atoms with E-state index in [1.54, 1.807) is 41.9 Å². The molecule has 0 radical (unpaired) electrons. The Hall–Kier alpha value is -1.14. The first kappa shape index (κ1) is 28.9. The number of ether oxygens (including phenoxy) is 2. The number of carboxylic acid groups (broad SMARTS) is 2. The molecule has 2 atom stereocenters. The lowest BCUT2D eigenvalue weighted by atomic mass is 9.87. The van der Waals surface area contributed by atoms with Crippen molar-refractivity contribution < 1.29 is 29.3 Å². The van der Waals surface area contributed by atoms with Crippen LogP contribution in [0.3, 0.4) is 0 Å². The molecule has 0 heterocycles. The zero-order valence-corrected chi connectivity index (χ0v) is 20.2. The highest BCUT2D eigenvalue weighted by Crippen LogP contribution is 2.26. The van der Waals surface area contributed by atoms with E-state index in [9.17, 15) is 9.59 Å². The third kappa shape index (κ3) is 11.9. The number of carbonyl (C=O) groups is 2. The summed E-state index contributed by atoms with van der Waals surface area (Å²) in [5, 5.41) is 18.3. The SMILES string of the molecule is CO[C@H](CCCCCCC(C)(C)C(=O)O)[C@@H](CCCCCCC(C)(C)C(=O)O)OC. The molecule has 178 valence electrons. The molecule has 0 aromatic carbocycles. The normalized spacial score (nSPS) is 14.5. The lowest BCUT2D eigenvalue weighted by Gasteiger charge is -2.25. The Bertz CT molecular complexity index is 442. The van der Waals surface area contributed by atoms with Crippen LogP contribution in [-0.2, 0) is 19.1 Å². The van der Waals surface area contributed by atoms with E-state index in [1.807, 2.05) is 0 Å². The molecule has 0 bridgehead atoms. The minimum atomic E-state index is -0.726. The van der Waals surface area contributed by atoms with E-state index in [2.05, 4.69) is 0 Å². The van der Waals surface area contributed by atoms with Crippen molar-refractivity contribution in [1.82, 2.24) is 0 Å². The van der Waals surface area contributed by atoms with Crippen LogP contribution in [0.4, 0.5) is 0 Å². The Morgan fingerprint density at radius 1 is 0.633 bits per heavy atom. The second kappa shape index (κ2) is 14.8. The molecule has 0 aromatic heterocycles. The van der Waals surface area contributed by atoms with Gasteiger partial charge in [-0.05, 0) is 53.4 Å². The molecule has 0 rings (SSSR count). The maximum absolute atomic E-state index is 11.1.